The van der Waals surface area contributed by atoms with Crippen molar-refractivity contribution in [3.63, 3.8) is 0 Å². The van der Waals surface area contributed by atoms with Gasteiger partial charge in [-0.15, -0.1) is 0 Å². The van der Waals surface area contributed by atoms with E-state index in [9.17, 15) is 9.59 Å². The molecule has 0 spiro atoms. The van der Waals surface area contributed by atoms with Crippen LogP contribution in [0, 0.1) is 5.92 Å². The standard InChI is InChI=1S/C17H22N2O3/c1-11(2)12-5-7-14(8-6-12)19-10-15(22-17(19)21)9-18-16(20)13-3-4-13/h5-8,11,13,15H,3-4,9-10H2,1-2H3,(H,18,20). The number of amides is 2. The molecule has 1 aromatic rings. The van der Waals surface area contributed by atoms with Crippen LogP contribution in [0.1, 0.15) is 38.2 Å². The second-order valence-electron chi connectivity index (χ2n) is 6.38. The van der Waals surface area contributed by atoms with E-state index in [0.29, 0.717) is 19.0 Å². The van der Waals surface area contributed by atoms with Gasteiger partial charge in [-0.25, -0.2) is 4.79 Å². The van der Waals surface area contributed by atoms with Crippen LogP contribution in [-0.4, -0.2) is 31.2 Å². The highest BCUT2D eigenvalue weighted by molar-refractivity contribution is 5.90. The van der Waals surface area contributed by atoms with E-state index in [1.807, 2.05) is 24.3 Å². The van der Waals surface area contributed by atoms with Crippen LogP contribution in [0.3, 0.4) is 0 Å². The van der Waals surface area contributed by atoms with Crippen LogP contribution < -0.4 is 10.2 Å². The summed E-state index contributed by atoms with van der Waals surface area (Å²) in [5, 5.41) is 2.86. The summed E-state index contributed by atoms with van der Waals surface area (Å²) in [6.07, 6.45) is 1.33. The Morgan fingerprint density at radius 2 is 2.00 bits per heavy atom. The Morgan fingerprint density at radius 3 is 2.59 bits per heavy atom. The summed E-state index contributed by atoms with van der Waals surface area (Å²) in [4.78, 5) is 25.2. The lowest BCUT2D eigenvalue weighted by Crippen LogP contribution is -2.35. The van der Waals surface area contributed by atoms with E-state index in [4.69, 9.17) is 4.74 Å². The molecular weight excluding hydrogens is 280 g/mol. The maximum atomic E-state index is 12.0. The minimum atomic E-state index is -0.344. The molecule has 2 fully saturated rings. The fourth-order valence-corrected chi connectivity index (χ4v) is 2.58. The average Bonchev–Trinajstić information content (AvgIpc) is 3.28. The highest BCUT2D eigenvalue weighted by atomic mass is 16.6. The number of carbonyl (C=O) groups excluding carboxylic acids is 2. The molecule has 22 heavy (non-hydrogen) atoms. The van der Waals surface area contributed by atoms with Crippen molar-refractivity contribution in [2.75, 3.05) is 18.0 Å². The zero-order valence-electron chi connectivity index (χ0n) is 13.0. The molecule has 1 N–H and O–H groups in total. The van der Waals surface area contributed by atoms with E-state index in [0.717, 1.165) is 18.5 Å². The van der Waals surface area contributed by atoms with E-state index < -0.39 is 0 Å². The molecule has 1 unspecified atom stereocenters. The number of rotatable bonds is 5. The van der Waals surface area contributed by atoms with Gasteiger partial charge in [0.15, 0.2) is 0 Å². The summed E-state index contributed by atoms with van der Waals surface area (Å²) >= 11 is 0. The van der Waals surface area contributed by atoms with Gasteiger partial charge < -0.3 is 10.1 Å². The van der Waals surface area contributed by atoms with Gasteiger partial charge in [0.05, 0.1) is 13.1 Å². The Labute approximate surface area is 130 Å². The summed E-state index contributed by atoms with van der Waals surface area (Å²) in [6, 6.07) is 7.97. The largest absolute Gasteiger partial charge is 0.442 e. The molecule has 2 amide bonds. The minimum absolute atomic E-state index is 0.0794. The summed E-state index contributed by atoms with van der Waals surface area (Å²) in [6.45, 7) is 5.14. The fourth-order valence-electron chi connectivity index (χ4n) is 2.58. The highest BCUT2D eigenvalue weighted by Crippen LogP contribution is 2.29. The van der Waals surface area contributed by atoms with Gasteiger partial charge >= 0.3 is 6.09 Å². The number of anilines is 1. The molecule has 1 saturated heterocycles. The van der Waals surface area contributed by atoms with Gasteiger partial charge in [0, 0.05) is 11.6 Å². The maximum absolute atomic E-state index is 12.0. The van der Waals surface area contributed by atoms with E-state index in [-0.39, 0.29) is 24.0 Å². The number of carbonyl (C=O) groups is 2. The normalized spacial score (nSPS) is 21.1. The molecule has 5 heteroatoms. The van der Waals surface area contributed by atoms with Gasteiger partial charge in [0.2, 0.25) is 5.91 Å². The Hall–Kier alpha value is -2.04. The molecular formula is C17H22N2O3. The molecule has 118 valence electrons. The second-order valence-corrected chi connectivity index (χ2v) is 6.38. The van der Waals surface area contributed by atoms with Crippen LogP contribution in [0.5, 0.6) is 0 Å². The fraction of sp³-hybridized carbons (Fsp3) is 0.529. The van der Waals surface area contributed by atoms with Crippen molar-refractivity contribution < 1.29 is 14.3 Å². The van der Waals surface area contributed by atoms with Crippen molar-refractivity contribution in [2.24, 2.45) is 5.92 Å². The van der Waals surface area contributed by atoms with Gasteiger partial charge in [-0.3, -0.25) is 9.69 Å². The Bertz CT molecular complexity index is 564. The lowest BCUT2D eigenvalue weighted by atomic mass is 10.0. The molecule has 1 aromatic carbocycles. The van der Waals surface area contributed by atoms with Crippen LogP contribution in [-0.2, 0) is 9.53 Å². The first-order valence-corrected chi connectivity index (χ1v) is 7.90. The molecule has 1 heterocycles. The number of hydrogen-bond donors (Lipinski definition) is 1. The van der Waals surface area contributed by atoms with Crippen LogP contribution in [0.2, 0.25) is 0 Å². The van der Waals surface area contributed by atoms with Gasteiger partial charge in [0.1, 0.15) is 6.10 Å². The lowest BCUT2D eigenvalue weighted by molar-refractivity contribution is -0.122. The molecule has 1 aliphatic heterocycles. The molecule has 0 bridgehead atoms. The number of benzene rings is 1. The van der Waals surface area contributed by atoms with Gasteiger partial charge in [-0.1, -0.05) is 26.0 Å². The third kappa shape index (κ3) is 3.24. The Balaban J connectivity index is 1.57. The Morgan fingerprint density at radius 1 is 1.32 bits per heavy atom. The summed E-state index contributed by atoms with van der Waals surface area (Å²) in [5.74, 6) is 0.720. The number of nitrogens with zero attached hydrogens (tertiary/aromatic N) is 1. The second kappa shape index (κ2) is 5.99. The first kappa shape index (κ1) is 14.9. The first-order valence-electron chi connectivity index (χ1n) is 7.90. The average molecular weight is 302 g/mol. The van der Waals surface area contributed by atoms with Crippen LogP contribution >= 0.6 is 0 Å². The molecule has 1 aliphatic carbocycles. The molecule has 5 nitrogen and oxygen atoms in total. The van der Waals surface area contributed by atoms with Gasteiger partial charge in [-0.05, 0) is 36.5 Å². The van der Waals surface area contributed by atoms with Crippen molar-refractivity contribution in [1.29, 1.82) is 0 Å². The number of ether oxygens (including phenoxy) is 1. The number of nitrogens with one attached hydrogen (secondary N) is 1. The third-order valence-electron chi connectivity index (χ3n) is 4.20. The third-order valence-corrected chi connectivity index (χ3v) is 4.20. The smallest absolute Gasteiger partial charge is 0.414 e. The monoisotopic (exact) mass is 302 g/mol. The van der Waals surface area contributed by atoms with Crippen molar-refractivity contribution in [1.82, 2.24) is 5.32 Å². The lowest BCUT2D eigenvalue weighted by Gasteiger charge is -2.14. The Kier molecular flexibility index (Phi) is 4.05. The van der Waals surface area contributed by atoms with Crippen molar-refractivity contribution in [2.45, 2.75) is 38.7 Å². The molecule has 1 saturated carbocycles. The van der Waals surface area contributed by atoms with Gasteiger partial charge in [0.25, 0.3) is 0 Å². The summed E-state index contributed by atoms with van der Waals surface area (Å²) in [5.41, 5.74) is 2.08. The van der Waals surface area contributed by atoms with Crippen LogP contribution in [0.4, 0.5) is 10.5 Å². The predicted molar refractivity (Wildman–Crippen MR) is 83.9 cm³/mol. The summed E-state index contributed by atoms with van der Waals surface area (Å²) in [7, 11) is 0. The summed E-state index contributed by atoms with van der Waals surface area (Å²) < 4.78 is 5.33. The van der Waals surface area contributed by atoms with Crippen LogP contribution in [0.15, 0.2) is 24.3 Å². The van der Waals surface area contributed by atoms with E-state index in [1.54, 1.807) is 4.90 Å². The van der Waals surface area contributed by atoms with Crippen molar-refractivity contribution in [3.05, 3.63) is 29.8 Å². The SMILES string of the molecule is CC(C)c1ccc(N2CC(CNC(=O)C3CC3)OC2=O)cc1. The molecule has 0 aromatic heterocycles. The van der Waals surface area contributed by atoms with Crippen molar-refractivity contribution >= 4 is 17.7 Å². The number of cyclic esters (lactones) is 1. The first-order chi connectivity index (χ1) is 10.5. The van der Waals surface area contributed by atoms with Crippen molar-refractivity contribution in [3.8, 4) is 0 Å². The van der Waals surface area contributed by atoms with E-state index in [1.165, 1.54) is 5.56 Å². The topological polar surface area (TPSA) is 58.6 Å². The quantitative estimate of drug-likeness (QED) is 0.909. The van der Waals surface area contributed by atoms with E-state index in [2.05, 4.69) is 19.2 Å². The number of hydrogen-bond acceptors (Lipinski definition) is 3. The minimum Gasteiger partial charge on any atom is -0.442 e. The molecule has 3 rings (SSSR count). The zero-order valence-corrected chi connectivity index (χ0v) is 13.0. The zero-order chi connectivity index (χ0) is 15.7. The maximum Gasteiger partial charge on any atom is 0.414 e. The molecule has 2 aliphatic rings. The van der Waals surface area contributed by atoms with E-state index >= 15 is 0 Å². The van der Waals surface area contributed by atoms with Crippen LogP contribution in [0.25, 0.3) is 0 Å². The molecule has 1 atom stereocenters. The molecule has 0 radical (unpaired) electrons. The highest BCUT2D eigenvalue weighted by Gasteiger charge is 2.34. The predicted octanol–water partition coefficient (Wildman–Crippen LogP) is 2.66. The van der Waals surface area contributed by atoms with Gasteiger partial charge in [-0.2, -0.15) is 0 Å².